The molecular formula is C19H18O. The van der Waals surface area contributed by atoms with E-state index in [0.29, 0.717) is 0 Å². The van der Waals surface area contributed by atoms with Crippen molar-refractivity contribution < 1.29 is 4.74 Å². The maximum absolute atomic E-state index is 5.98. The number of benzene rings is 2. The maximum Gasteiger partial charge on any atom is 0.135 e. The van der Waals surface area contributed by atoms with Crippen molar-refractivity contribution in [3.63, 3.8) is 0 Å². The van der Waals surface area contributed by atoms with E-state index in [4.69, 9.17) is 4.74 Å². The molecule has 0 N–H and O–H groups in total. The summed E-state index contributed by atoms with van der Waals surface area (Å²) in [6, 6.07) is 18.2. The first-order valence-electron chi connectivity index (χ1n) is 6.63. The number of para-hydroxylation sites is 1. The Kier molecular flexibility index (Phi) is 4.96. The Hall–Kier alpha value is -2.54. The van der Waals surface area contributed by atoms with E-state index in [-0.39, 0.29) is 0 Å². The molecule has 100 valence electrons. The van der Waals surface area contributed by atoms with Crippen LogP contribution in [-0.4, -0.2) is 0 Å². The molecule has 2 aromatic carbocycles. The van der Waals surface area contributed by atoms with Gasteiger partial charge in [0.05, 0.1) is 0 Å². The second-order valence-electron chi connectivity index (χ2n) is 4.27. The fraction of sp³-hybridized carbons (Fsp3) is 0.0526. The maximum atomic E-state index is 5.98. The van der Waals surface area contributed by atoms with E-state index in [9.17, 15) is 0 Å². The van der Waals surface area contributed by atoms with E-state index >= 15 is 0 Å². The van der Waals surface area contributed by atoms with Gasteiger partial charge < -0.3 is 4.74 Å². The van der Waals surface area contributed by atoms with Crippen molar-refractivity contribution in [3.8, 4) is 16.9 Å². The first kappa shape index (κ1) is 13.9. The summed E-state index contributed by atoms with van der Waals surface area (Å²) in [6.07, 6.45) is 7.44. The topological polar surface area (TPSA) is 9.23 Å². The minimum atomic E-state index is 0.769. The van der Waals surface area contributed by atoms with E-state index < -0.39 is 0 Å². The van der Waals surface area contributed by atoms with Gasteiger partial charge in [0.1, 0.15) is 11.5 Å². The summed E-state index contributed by atoms with van der Waals surface area (Å²) in [7, 11) is 0. The molecule has 0 aliphatic carbocycles. The lowest BCUT2D eigenvalue weighted by Gasteiger charge is -2.11. The molecule has 0 aliphatic rings. The Labute approximate surface area is 120 Å². The molecule has 0 unspecified atom stereocenters. The SMILES string of the molecule is C=C/C=C(\C=C/C)Oc1ccccc1-c1ccccc1. The predicted molar refractivity (Wildman–Crippen MR) is 85.6 cm³/mol. The van der Waals surface area contributed by atoms with Gasteiger partial charge in [0.15, 0.2) is 0 Å². The Morgan fingerprint density at radius 3 is 2.40 bits per heavy atom. The third-order valence-corrected chi connectivity index (χ3v) is 2.81. The highest BCUT2D eigenvalue weighted by atomic mass is 16.5. The lowest BCUT2D eigenvalue weighted by molar-refractivity contribution is 0.446. The quantitative estimate of drug-likeness (QED) is 0.519. The summed E-state index contributed by atoms with van der Waals surface area (Å²) in [4.78, 5) is 0. The van der Waals surface area contributed by atoms with Gasteiger partial charge in [-0.15, -0.1) is 0 Å². The minimum Gasteiger partial charge on any atom is -0.457 e. The highest BCUT2D eigenvalue weighted by Crippen LogP contribution is 2.30. The first-order chi connectivity index (χ1) is 9.85. The summed E-state index contributed by atoms with van der Waals surface area (Å²) in [5, 5.41) is 0. The second kappa shape index (κ2) is 7.15. The molecule has 2 aromatic rings. The number of hydrogen-bond acceptors (Lipinski definition) is 1. The van der Waals surface area contributed by atoms with Crippen molar-refractivity contribution in [2.45, 2.75) is 6.92 Å². The zero-order chi connectivity index (χ0) is 14.2. The number of rotatable bonds is 5. The van der Waals surface area contributed by atoms with Gasteiger partial charge in [-0.25, -0.2) is 0 Å². The van der Waals surface area contributed by atoms with Crippen molar-refractivity contribution in [1.29, 1.82) is 0 Å². The van der Waals surface area contributed by atoms with Crippen LogP contribution < -0.4 is 4.74 Å². The zero-order valence-electron chi connectivity index (χ0n) is 11.6. The van der Waals surface area contributed by atoms with Crippen LogP contribution >= 0.6 is 0 Å². The number of ether oxygens (including phenoxy) is 1. The van der Waals surface area contributed by atoms with Crippen molar-refractivity contribution >= 4 is 0 Å². The van der Waals surface area contributed by atoms with Crippen molar-refractivity contribution in [3.05, 3.63) is 91.2 Å². The fourth-order valence-corrected chi connectivity index (χ4v) is 1.94. The van der Waals surface area contributed by atoms with Crippen LogP contribution in [0, 0.1) is 0 Å². The van der Waals surface area contributed by atoms with Gasteiger partial charge >= 0.3 is 0 Å². The molecule has 2 rings (SSSR count). The normalized spacial score (nSPS) is 11.6. The molecule has 0 saturated heterocycles. The predicted octanol–water partition coefficient (Wildman–Crippen LogP) is 5.38. The molecule has 0 amide bonds. The zero-order valence-corrected chi connectivity index (χ0v) is 11.6. The standard InChI is InChI=1S/C19H18O/c1-3-10-17(11-4-2)20-19-15-9-8-14-18(19)16-12-6-5-7-13-16/h3-15H,1H2,2H3/b11-4-,17-10+. The Morgan fingerprint density at radius 1 is 1.00 bits per heavy atom. The van der Waals surface area contributed by atoms with Gasteiger partial charge in [-0.2, -0.15) is 0 Å². The monoisotopic (exact) mass is 262 g/mol. The van der Waals surface area contributed by atoms with Crippen LogP contribution in [0.1, 0.15) is 6.92 Å². The summed E-state index contributed by atoms with van der Waals surface area (Å²) in [5.41, 5.74) is 2.22. The molecule has 1 heteroatoms. The van der Waals surface area contributed by atoms with Gasteiger partial charge in [0, 0.05) is 5.56 Å². The number of hydrogen-bond donors (Lipinski definition) is 0. The molecule has 0 heterocycles. The van der Waals surface area contributed by atoms with Gasteiger partial charge in [-0.3, -0.25) is 0 Å². The largest absolute Gasteiger partial charge is 0.457 e. The molecule has 0 aromatic heterocycles. The summed E-state index contributed by atoms with van der Waals surface area (Å²) >= 11 is 0. The highest BCUT2D eigenvalue weighted by molar-refractivity contribution is 5.70. The molecule has 0 saturated carbocycles. The smallest absolute Gasteiger partial charge is 0.135 e. The van der Waals surface area contributed by atoms with E-state index in [1.54, 1.807) is 6.08 Å². The van der Waals surface area contributed by atoms with E-state index in [1.165, 1.54) is 0 Å². The third kappa shape index (κ3) is 3.48. The fourth-order valence-electron chi connectivity index (χ4n) is 1.94. The molecule has 0 spiro atoms. The van der Waals surface area contributed by atoms with Crippen LogP contribution in [0.3, 0.4) is 0 Å². The average Bonchev–Trinajstić information content (AvgIpc) is 2.49. The highest BCUT2D eigenvalue weighted by Gasteiger charge is 2.06. The molecule has 0 bridgehead atoms. The minimum absolute atomic E-state index is 0.769. The molecule has 0 fully saturated rings. The second-order valence-corrected chi connectivity index (χ2v) is 4.27. The Morgan fingerprint density at radius 2 is 1.70 bits per heavy atom. The Balaban J connectivity index is 2.38. The average molecular weight is 262 g/mol. The molecule has 0 atom stereocenters. The molecule has 0 aliphatic heterocycles. The van der Waals surface area contributed by atoms with Gasteiger partial charge in [0.25, 0.3) is 0 Å². The van der Waals surface area contributed by atoms with Crippen LogP contribution in [0.2, 0.25) is 0 Å². The third-order valence-electron chi connectivity index (χ3n) is 2.81. The van der Waals surface area contributed by atoms with Crippen molar-refractivity contribution in [1.82, 2.24) is 0 Å². The Bertz CT molecular complexity index is 621. The molecule has 1 nitrogen and oxygen atoms in total. The summed E-state index contributed by atoms with van der Waals surface area (Å²) < 4.78 is 5.98. The van der Waals surface area contributed by atoms with Crippen LogP contribution in [-0.2, 0) is 0 Å². The van der Waals surface area contributed by atoms with Gasteiger partial charge in [-0.1, -0.05) is 67.3 Å². The van der Waals surface area contributed by atoms with E-state index in [0.717, 1.165) is 22.6 Å². The van der Waals surface area contributed by atoms with Crippen LogP contribution in [0.4, 0.5) is 0 Å². The van der Waals surface area contributed by atoms with E-state index in [2.05, 4.69) is 24.8 Å². The lowest BCUT2D eigenvalue weighted by Crippen LogP contribution is -1.94. The van der Waals surface area contributed by atoms with Crippen LogP contribution in [0.15, 0.2) is 91.2 Å². The van der Waals surface area contributed by atoms with Crippen molar-refractivity contribution in [2.24, 2.45) is 0 Å². The van der Waals surface area contributed by atoms with Crippen LogP contribution in [0.25, 0.3) is 11.1 Å². The van der Waals surface area contributed by atoms with E-state index in [1.807, 2.05) is 61.5 Å². The summed E-state index contributed by atoms with van der Waals surface area (Å²) in [6.45, 7) is 5.68. The van der Waals surface area contributed by atoms with Gasteiger partial charge in [0.2, 0.25) is 0 Å². The first-order valence-corrected chi connectivity index (χ1v) is 6.63. The van der Waals surface area contributed by atoms with Gasteiger partial charge in [-0.05, 0) is 30.7 Å². The van der Waals surface area contributed by atoms with Crippen molar-refractivity contribution in [2.75, 3.05) is 0 Å². The molecular weight excluding hydrogens is 244 g/mol. The number of allylic oxidation sites excluding steroid dienone is 4. The molecule has 0 radical (unpaired) electrons. The summed E-state index contributed by atoms with van der Waals surface area (Å²) in [5.74, 6) is 1.61. The lowest BCUT2D eigenvalue weighted by atomic mass is 10.0. The van der Waals surface area contributed by atoms with Crippen LogP contribution in [0.5, 0.6) is 5.75 Å². The molecule has 20 heavy (non-hydrogen) atoms.